The molecule has 0 atom stereocenters. The first-order valence-electron chi connectivity index (χ1n) is 7.73. The Morgan fingerprint density at radius 3 is 2.36 bits per heavy atom. The second kappa shape index (κ2) is 7.38. The molecule has 1 N–H and O–H groups in total. The summed E-state index contributed by atoms with van der Waals surface area (Å²) < 4.78 is 0. The summed E-state index contributed by atoms with van der Waals surface area (Å²) in [4.78, 5) is 22.8. The minimum absolute atomic E-state index is 0.0654. The van der Waals surface area contributed by atoms with Crippen LogP contribution in [0, 0.1) is 10.1 Å². The Balaban J connectivity index is 3.14. The van der Waals surface area contributed by atoms with Crippen molar-refractivity contribution >= 4 is 11.5 Å². The van der Waals surface area contributed by atoms with E-state index >= 15 is 0 Å². The Bertz CT molecular complexity index is 559. The van der Waals surface area contributed by atoms with E-state index in [9.17, 15) is 20.0 Å². The number of unbranched alkanes of at least 4 members (excludes halogenated alkanes) is 3. The number of benzene rings is 1. The Morgan fingerprint density at radius 2 is 1.86 bits per heavy atom. The number of hydrogen-bond acceptors (Lipinski definition) is 4. The Morgan fingerprint density at radius 1 is 1.23 bits per heavy atom. The van der Waals surface area contributed by atoms with Crippen LogP contribution in [-0.2, 0) is 5.41 Å². The molecule has 0 fully saturated rings. The lowest BCUT2D eigenvalue weighted by atomic mass is 9.84. The molecule has 0 aromatic heterocycles. The molecule has 0 amide bonds. The van der Waals surface area contributed by atoms with Gasteiger partial charge in [-0.05, 0) is 23.5 Å². The van der Waals surface area contributed by atoms with Crippen LogP contribution in [-0.4, -0.2) is 15.8 Å². The second-order valence-corrected chi connectivity index (χ2v) is 6.63. The van der Waals surface area contributed by atoms with E-state index in [1.165, 1.54) is 6.07 Å². The number of hydrogen-bond donors (Lipinski definition) is 1. The minimum Gasteiger partial charge on any atom is -0.502 e. The fraction of sp³-hybridized carbons (Fsp3) is 0.588. The lowest BCUT2D eigenvalue weighted by molar-refractivity contribution is -0.386. The van der Waals surface area contributed by atoms with Crippen molar-refractivity contribution in [3.8, 4) is 5.75 Å². The van der Waals surface area contributed by atoms with E-state index in [-0.39, 0.29) is 16.8 Å². The molecule has 0 saturated heterocycles. The van der Waals surface area contributed by atoms with Crippen molar-refractivity contribution in [2.45, 2.75) is 65.2 Å². The smallest absolute Gasteiger partial charge is 0.311 e. The van der Waals surface area contributed by atoms with Gasteiger partial charge >= 0.3 is 5.69 Å². The molecule has 1 rings (SSSR count). The summed E-state index contributed by atoms with van der Waals surface area (Å²) in [6.07, 6.45) is 4.12. The van der Waals surface area contributed by atoms with Crippen molar-refractivity contribution in [2.24, 2.45) is 0 Å². The number of Topliss-reactive ketones (excluding diaryl/α,β-unsaturated/α-hetero) is 1. The topological polar surface area (TPSA) is 80.4 Å². The van der Waals surface area contributed by atoms with Gasteiger partial charge in [0.2, 0.25) is 5.75 Å². The van der Waals surface area contributed by atoms with E-state index < -0.39 is 16.4 Å². The van der Waals surface area contributed by atoms with Crippen LogP contribution in [0.2, 0.25) is 0 Å². The summed E-state index contributed by atoms with van der Waals surface area (Å²) in [7, 11) is 0. The van der Waals surface area contributed by atoms with Gasteiger partial charge in [-0.2, -0.15) is 0 Å². The van der Waals surface area contributed by atoms with Gasteiger partial charge < -0.3 is 5.11 Å². The van der Waals surface area contributed by atoms with Crippen molar-refractivity contribution < 1.29 is 14.8 Å². The molecular weight excluding hydrogens is 282 g/mol. The van der Waals surface area contributed by atoms with Crippen LogP contribution in [0.3, 0.4) is 0 Å². The zero-order chi connectivity index (χ0) is 16.9. The Labute approximate surface area is 131 Å². The highest BCUT2D eigenvalue weighted by Gasteiger charge is 2.26. The van der Waals surface area contributed by atoms with Gasteiger partial charge in [-0.15, -0.1) is 0 Å². The van der Waals surface area contributed by atoms with Crippen LogP contribution in [0.4, 0.5) is 5.69 Å². The predicted molar refractivity (Wildman–Crippen MR) is 86.6 cm³/mol. The van der Waals surface area contributed by atoms with Gasteiger partial charge in [-0.3, -0.25) is 14.9 Å². The van der Waals surface area contributed by atoms with Crippen molar-refractivity contribution in [1.82, 2.24) is 0 Å². The van der Waals surface area contributed by atoms with E-state index in [2.05, 4.69) is 6.92 Å². The number of ketones is 1. The van der Waals surface area contributed by atoms with Gasteiger partial charge in [0, 0.05) is 12.5 Å². The fourth-order valence-corrected chi connectivity index (χ4v) is 2.25. The van der Waals surface area contributed by atoms with Crippen molar-refractivity contribution in [1.29, 1.82) is 0 Å². The molecule has 0 aliphatic carbocycles. The summed E-state index contributed by atoms with van der Waals surface area (Å²) in [6.45, 7) is 7.83. The van der Waals surface area contributed by atoms with E-state index in [0.29, 0.717) is 12.0 Å². The van der Waals surface area contributed by atoms with E-state index in [1.54, 1.807) is 6.07 Å². The van der Waals surface area contributed by atoms with Crippen LogP contribution in [0.25, 0.3) is 0 Å². The standard InChI is InChI=1S/C17H25NO4/c1-5-6-7-8-9-15(19)13-10-12(17(2,3)4)11-14(16(13)20)18(21)22/h10-11,20H,5-9H2,1-4H3. The first kappa shape index (κ1) is 18.1. The average molecular weight is 307 g/mol. The normalized spacial score (nSPS) is 11.5. The Hall–Kier alpha value is -1.91. The minimum atomic E-state index is -0.640. The fourth-order valence-electron chi connectivity index (χ4n) is 2.25. The molecule has 1 aromatic rings. The third-order valence-electron chi connectivity index (χ3n) is 3.71. The number of carbonyl (C=O) groups is 1. The summed E-state index contributed by atoms with van der Waals surface area (Å²) in [6, 6.07) is 2.94. The number of rotatable bonds is 7. The van der Waals surface area contributed by atoms with Crippen LogP contribution < -0.4 is 0 Å². The summed E-state index contributed by atoms with van der Waals surface area (Å²) >= 11 is 0. The molecule has 22 heavy (non-hydrogen) atoms. The molecule has 0 spiro atoms. The van der Waals surface area contributed by atoms with Gasteiger partial charge in [-0.25, -0.2) is 0 Å². The number of aromatic hydroxyl groups is 1. The van der Waals surface area contributed by atoms with Crippen LogP contribution in [0.5, 0.6) is 5.75 Å². The molecule has 0 aliphatic heterocycles. The number of phenolic OH excluding ortho intramolecular Hbond substituents is 1. The van der Waals surface area contributed by atoms with Gasteiger partial charge in [0.05, 0.1) is 10.5 Å². The van der Waals surface area contributed by atoms with Gasteiger partial charge in [0.1, 0.15) is 0 Å². The molecule has 0 bridgehead atoms. The number of nitro groups is 1. The van der Waals surface area contributed by atoms with Crippen molar-refractivity contribution in [2.75, 3.05) is 0 Å². The zero-order valence-corrected chi connectivity index (χ0v) is 13.8. The number of phenols is 1. The number of nitro benzene ring substituents is 1. The highest BCUT2D eigenvalue weighted by molar-refractivity contribution is 6.00. The summed E-state index contributed by atoms with van der Waals surface area (Å²) in [5.74, 6) is -0.749. The second-order valence-electron chi connectivity index (χ2n) is 6.63. The predicted octanol–water partition coefficient (Wildman–Crippen LogP) is 4.75. The van der Waals surface area contributed by atoms with Gasteiger partial charge in [-0.1, -0.05) is 47.0 Å². The lowest BCUT2D eigenvalue weighted by Crippen LogP contribution is -2.13. The lowest BCUT2D eigenvalue weighted by Gasteiger charge is -2.20. The third-order valence-corrected chi connectivity index (χ3v) is 3.71. The van der Waals surface area contributed by atoms with E-state index in [4.69, 9.17) is 0 Å². The first-order chi connectivity index (χ1) is 10.2. The third kappa shape index (κ3) is 4.55. The first-order valence-corrected chi connectivity index (χ1v) is 7.73. The van der Waals surface area contributed by atoms with E-state index in [1.807, 2.05) is 20.8 Å². The van der Waals surface area contributed by atoms with Crippen LogP contribution in [0.1, 0.15) is 75.7 Å². The summed E-state index contributed by atoms with van der Waals surface area (Å²) in [5.41, 5.74) is 0.00394. The van der Waals surface area contributed by atoms with E-state index in [0.717, 1.165) is 25.7 Å². The maximum absolute atomic E-state index is 12.3. The van der Waals surface area contributed by atoms with Gasteiger partial charge in [0.15, 0.2) is 5.78 Å². The highest BCUT2D eigenvalue weighted by atomic mass is 16.6. The average Bonchev–Trinajstić information content (AvgIpc) is 2.42. The maximum Gasteiger partial charge on any atom is 0.311 e. The molecule has 5 heteroatoms. The molecule has 0 unspecified atom stereocenters. The van der Waals surface area contributed by atoms with Gasteiger partial charge in [0.25, 0.3) is 0 Å². The molecule has 122 valence electrons. The largest absolute Gasteiger partial charge is 0.502 e. The SMILES string of the molecule is CCCCCCC(=O)c1cc(C(C)(C)C)cc([N+](=O)[O-])c1O. The molecular formula is C17H25NO4. The molecule has 0 aliphatic rings. The Kier molecular flexibility index (Phi) is 6.09. The number of carbonyl (C=O) groups excluding carboxylic acids is 1. The monoisotopic (exact) mass is 307 g/mol. The maximum atomic E-state index is 12.3. The van der Waals surface area contributed by atoms with Crippen LogP contribution in [0.15, 0.2) is 12.1 Å². The van der Waals surface area contributed by atoms with Crippen LogP contribution >= 0.6 is 0 Å². The molecule has 1 aromatic carbocycles. The highest BCUT2D eigenvalue weighted by Crippen LogP contribution is 2.36. The van der Waals surface area contributed by atoms with Crippen molar-refractivity contribution in [3.05, 3.63) is 33.4 Å². The molecule has 0 heterocycles. The number of nitrogens with zero attached hydrogens (tertiary/aromatic N) is 1. The molecule has 5 nitrogen and oxygen atoms in total. The molecule has 0 radical (unpaired) electrons. The van der Waals surface area contributed by atoms with Crippen molar-refractivity contribution in [3.63, 3.8) is 0 Å². The molecule has 0 saturated carbocycles. The summed E-state index contributed by atoms with van der Waals surface area (Å²) in [5, 5.41) is 21.2. The quantitative estimate of drug-likeness (QED) is 0.341. The zero-order valence-electron chi connectivity index (χ0n) is 13.8.